The molecule has 1 nitrogen and oxygen atoms in total. The van der Waals surface area contributed by atoms with Gasteiger partial charge >= 0.3 is 0 Å². The maximum atomic E-state index is 2.39. The molecule has 260 valence electrons. The molecule has 0 aliphatic carbocycles. The molecule has 0 amide bonds. The van der Waals surface area contributed by atoms with Gasteiger partial charge in [-0.05, 0) is 102 Å². The van der Waals surface area contributed by atoms with Crippen molar-refractivity contribution in [1.82, 2.24) is 0 Å². The molecule has 0 spiro atoms. The number of fused-ring (bicyclic) bond motifs is 4. The van der Waals surface area contributed by atoms with Crippen LogP contribution in [0.2, 0.25) is 0 Å². The van der Waals surface area contributed by atoms with E-state index >= 15 is 0 Å². The highest BCUT2D eigenvalue weighted by Crippen LogP contribution is 2.41. The molecule has 0 radical (unpaired) electrons. The van der Waals surface area contributed by atoms with Gasteiger partial charge in [-0.1, -0.05) is 188 Å². The first-order chi connectivity index (χ1) is 27.2. The van der Waals surface area contributed by atoms with Gasteiger partial charge in [-0.15, -0.1) is 0 Å². The van der Waals surface area contributed by atoms with Crippen molar-refractivity contribution in [3.63, 3.8) is 0 Å². The fourth-order valence-electron chi connectivity index (χ4n) is 8.40. The van der Waals surface area contributed by atoms with Gasteiger partial charge in [0.05, 0.1) is 5.69 Å². The second-order valence-corrected chi connectivity index (χ2v) is 14.5. The standard InChI is InChI=1S/C54H39N/c1-3-15-45-36-47(28-27-39(45)11-1)53(52-21-9-17-43-13-5-7-19-50(43)52)35-38-23-25-41(26-24-38)42-29-32-48(33-30-42)55(49-34-31-40-12-2-4-16-46(40)37-49)54-22-10-18-44-14-6-8-20-51(44)54/h1-34,36-37,53H,35H2. The minimum Gasteiger partial charge on any atom is -0.310 e. The van der Waals surface area contributed by atoms with E-state index in [0.29, 0.717) is 0 Å². The normalized spacial score (nSPS) is 12.0. The zero-order chi connectivity index (χ0) is 36.6. The molecule has 0 fully saturated rings. The van der Waals surface area contributed by atoms with Crippen molar-refractivity contribution in [3.05, 3.63) is 235 Å². The van der Waals surface area contributed by atoms with Crippen LogP contribution < -0.4 is 4.90 Å². The predicted molar refractivity (Wildman–Crippen MR) is 235 cm³/mol. The highest BCUT2D eigenvalue weighted by Gasteiger charge is 2.19. The van der Waals surface area contributed by atoms with Crippen LogP contribution in [-0.2, 0) is 6.42 Å². The van der Waals surface area contributed by atoms with E-state index in [2.05, 4.69) is 223 Å². The van der Waals surface area contributed by atoms with E-state index in [1.54, 1.807) is 0 Å². The first-order valence-electron chi connectivity index (χ1n) is 19.2. The van der Waals surface area contributed by atoms with Crippen molar-refractivity contribution in [2.45, 2.75) is 12.3 Å². The molecule has 0 saturated carbocycles. The number of rotatable bonds is 8. The van der Waals surface area contributed by atoms with Crippen LogP contribution in [0.5, 0.6) is 0 Å². The predicted octanol–water partition coefficient (Wildman–Crippen LogP) is 14.8. The Labute approximate surface area is 322 Å². The van der Waals surface area contributed by atoms with Gasteiger partial charge < -0.3 is 4.90 Å². The first kappa shape index (κ1) is 32.7. The van der Waals surface area contributed by atoms with Crippen LogP contribution in [0.3, 0.4) is 0 Å². The van der Waals surface area contributed by atoms with Crippen LogP contribution >= 0.6 is 0 Å². The average Bonchev–Trinajstić information content (AvgIpc) is 3.26. The molecule has 0 aromatic heterocycles. The fraction of sp³-hybridized carbons (Fsp3) is 0.0370. The molecule has 10 aromatic carbocycles. The molecule has 55 heavy (non-hydrogen) atoms. The summed E-state index contributed by atoms with van der Waals surface area (Å²) in [6, 6.07) is 80.0. The van der Waals surface area contributed by atoms with E-state index < -0.39 is 0 Å². The number of hydrogen-bond acceptors (Lipinski definition) is 1. The van der Waals surface area contributed by atoms with E-state index in [-0.39, 0.29) is 5.92 Å². The van der Waals surface area contributed by atoms with Crippen LogP contribution in [0.25, 0.3) is 54.2 Å². The maximum absolute atomic E-state index is 2.39. The van der Waals surface area contributed by atoms with E-state index in [1.165, 1.54) is 70.9 Å². The Bertz CT molecular complexity index is 2950. The van der Waals surface area contributed by atoms with Crippen LogP contribution in [0.4, 0.5) is 17.1 Å². The van der Waals surface area contributed by atoms with Gasteiger partial charge in [-0.2, -0.15) is 0 Å². The van der Waals surface area contributed by atoms with Crippen LogP contribution in [0.1, 0.15) is 22.6 Å². The van der Waals surface area contributed by atoms with Gasteiger partial charge in [0.2, 0.25) is 0 Å². The Balaban J connectivity index is 0.989. The summed E-state index contributed by atoms with van der Waals surface area (Å²) in [5.41, 5.74) is 9.88. The zero-order valence-corrected chi connectivity index (χ0v) is 30.5. The van der Waals surface area contributed by atoms with Crippen molar-refractivity contribution in [1.29, 1.82) is 0 Å². The Morgan fingerprint density at radius 1 is 0.345 bits per heavy atom. The van der Waals surface area contributed by atoms with Crippen molar-refractivity contribution in [2.75, 3.05) is 4.90 Å². The summed E-state index contributed by atoms with van der Waals surface area (Å²) in [5.74, 6) is 0.219. The second-order valence-electron chi connectivity index (χ2n) is 14.5. The summed E-state index contributed by atoms with van der Waals surface area (Å²) in [6.45, 7) is 0. The van der Waals surface area contributed by atoms with Gasteiger partial charge in [0, 0.05) is 22.7 Å². The van der Waals surface area contributed by atoms with Crippen LogP contribution in [0, 0.1) is 0 Å². The lowest BCUT2D eigenvalue weighted by molar-refractivity contribution is 0.813. The number of benzene rings is 10. The van der Waals surface area contributed by atoms with E-state index in [1.807, 2.05) is 0 Å². The summed E-state index contributed by atoms with van der Waals surface area (Å²) in [6.07, 6.45) is 0.914. The maximum Gasteiger partial charge on any atom is 0.0540 e. The molecular formula is C54H39N. The molecule has 1 heteroatoms. The Kier molecular flexibility index (Phi) is 8.39. The second kappa shape index (κ2) is 14.1. The van der Waals surface area contributed by atoms with Gasteiger partial charge in [-0.3, -0.25) is 0 Å². The largest absolute Gasteiger partial charge is 0.310 e. The minimum absolute atomic E-state index is 0.219. The third-order valence-corrected chi connectivity index (χ3v) is 11.2. The lowest BCUT2D eigenvalue weighted by Crippen LogP contribution is -2.10. The SMILES string of the molecule is c1ccc2cc(C(Cc3ccc(-c4ccc(N(c5ccc6ccccc6c5)c5cccc6ccccc56)cc4)cc3)c3cccc4ccccc34)ccc2c1. The molecule has 1 atom stereocenters. The Hall–Kier alpha value is -6.96. The summed E-state index contributed by atoms with van der Waals surface area (Å²) < 4.78 is 0. The van der Waals surface area contributed by atoms with Crippen molar-refractivity contribution >= 4 is 60.2 Å². The molecule has 0 heterocycles. The lowest BCUT2D eigenvalue weighted by Gasteiger charge is -2.27. The number of nitrogens with zero attached hydrogens (tertiary/aromatic N) is 1. The monoisotopic (exact) mass is 701 g/mol. The fourth-order valence-corrected chi connectivity index (χ4v) is 8.40. The molecule has 1 unspecified atom stereocenters. The number of anilines is 3. The highest BCUT2D eigenvalue weighted by molar-refractivity contribution is 6.00. The topological polar surface area (TPSA) is 3.24 Å². The van der Waals surface area contributed by atoms with E-state index in [4.69, 9.17) is 0 Å². The molecule has 0 aliphatic heterocycles. The molecule has 0 bridgehead atoms. The molecule has 0 saturated heterocycles. The van der Waals surface area contributed by atoms with Gasteiger partial charge in [0.1, 0.15) is 0 Å². The number of hydrogen-bond donors (Lipinski definition) is 0. The highest BCUT2D eigenvalue weighted by atomic mass is 15.1. The van der Waals surface area contributed by atoms with Crippen LogP contribution in [-0.4, -0.2) is 0 Å². The first-order valence-corrected chi connectivity index (χ1v) is 19.2. The lowest BCUT2D eigenvalue weighted by atomic mass is 9.82. The molecular weight excluding hydrogens is 663 g/mol. The summed E-state index contributed by atoms with van der Waals surface area (Å²) in [5, 5.41) is 10.1. The summed E-state index contributed by atoms with van der Waals surface area (Å²) in [4.78, 5) is 2.39. The zero-order valence-electron chi connectivity index (χ0n) is 30.5. The average molecular weight is 702 g/mol. The quantitative estimate of drug-likeness (QED) is 0.152. The van der Waals surface area contributed by atoms with Crippen molar-refractivity contribution < 1.29 is 0 Å². The van der Waals surface area contributed by atoms with Gasteiger partial charge in [0.25, 0.3) is 0 Å². The van der Waals surface area contributed by atoms with Crippen molar-refractivity contribution in [3.8, 4) is 11.1 Å². The Morgan fingerprint density at radius 3 is 1.56 bits per heavy atom. The van der Waals surface area contributed by atoms with Gasteiger partial charge in [-0.25, -0.2) is 0 Å². The molecule has 0 N–H and O–H groups in total. The van der Waals surface area contributed by atoms with E-state index in [0.717, 1.165) is 23.5 Å². The molecule has 10 aromatic rings. The third kappa shape index (κ3) is 6.30. The van der Waals surface area contributed by atoms with Gasteiger partial charge in [0.15, 0.2) is 0 Å². The summed E-state index contributed by atoms with van der Waals surface area (Å²) in [7, 11) is 0. The molecule has 10 rings (SSSR count). The third-order valence-electron chi connectivity index (χ3n) is 11.2. The van der Waals surface area contributed by atoms with Crippen molar-refractivity contribution in [2.24, 2.45) is 0 Å². The smallest absolute Gasteiger partial charge is 0.0540 e. The molecule has 0 aliphatic rings. The Morgan fingerprint density at radius 2 is 0.855 bits per heavy atom. The van der Waals surface area contributed by atoms with Crippen LogP contribution in [0.15, 0.2) is 218 Å². The summed E-state index contributed by atoms with van der Waals surface area (Å²) >= 11 is 0. The van der Waals surface area contributed by atoms with E-state index in [9.17, 15) is 0 Å². The minimum atomic E-state index is 0.219.